The van der Waals surface area contributed by atoms with E-state index in [-0.39, 0.29) is 11.8 Å². The first kappa shape index (κ1) is 21.5. The summed E-state index contributed by atoms with van der Waals surface area (Å²) in [6, 6.07) is 15.1. The van der Waals surface area contributed by atoms with E-state index in [4.69, 9.17) is 4.52 Å². The number of nitrogens with one attached hydrogen (secondary N) is 1. The van der Waals surface area contributed by atoms with Crippen LogP contribution in [-0.4, -0.2) is 11.0 Å². The fourth-order valence-corrected chi connectivity index (χ4v) is 6.03. The van der Waals surface area contributed by atoms with Crippen LogP contribution in [0.4, 0.5) is 11.4 Å². The van der Waals surface area contributed by atoms with E-state index >= 15 is 0 Å². The zero-order valence-electron chi connectivity index (χ0n) is 17.2. The van der Waals surface area contributed by atoms with Gasteiger partial charge in [0.1, 0.15) is 0 Å². The van der Waals surface area contributed by atoms with E-state index in [2.05, 4.69) is 25.9 Å². The summed E-state index contributed by atoms with van der Waals surface area (Å²) in [5.41, 5.74) is 0.359. The maximum Gasteiger partial charge on any atom is 0.324 e. The summed E-state index contributed by atoms with van der Waals surface area (Å²) in [7, 11) is -3.49. The van der Waals surface area contributed by atoms with E-state index in [0.717, 1.165) is 19.3 Å². The van der Waals surface area contributed by atoms with Gasteiger partial charge in [0.2, 0.25) is 0 Å². The molecule has 0 saturated heterocycles. The van der Waals surface area contributed by atoms with Crippen molar-refractivity contribution < 1.29 is 14.0 Å². The molecule has 1 aliphatic rings. The van der Waals surface area contributed by atoms with Gasteiger partial charge < -0.3 is 9.61 Å². The molecule has 1 fully saturated rings. The summed E-state index contributed by atoms with van der Waals surface area (Å²) < 4.78 is 20.5. The molecule has 0 bridgehead atoms. The lowest BCUT2D eigenvalue weighted by Gasteiger charge is -2.39. The minimum absolute atomic E-state index is 0.0547. The van der Waals surface area contributed by atoms with Crippen LogP contribution < -0.4 is 10.4 Å². The van der Waals surface area contributed by atoms with Crippen molar-refractivity contribution in [2.75, 3.05) is 5.09 Å². The predicted octanol–water partition coefficient (Wildman–Crippen LogP) is 6.00. The Bertz CT molecular complexity index is 887. The minimum atomic E-state index is -3.49. The molecule has 7 heteroatoms. The maximum absolute atomic E-state index is 14.1. The van der Waals surface area contributed by atoms with E-state index in [1.807, 2.05) is 18.2 Å². The lowest BCUT2D eigenvalue weighted by atomic mass is 9.75. The fourth-order valence-electron chi connectivity index (χ4n) is 4.06. The molecular weight excluding hydrogens is 387 g/mol. The highest BCUT2D eigenvalue weighted by Gasteiger charge is 2.38. The summed E-state index contributed by atoms with van der Waals surface area (Å²) in [5.74, 6) is 1.27. The van der Waals surface area contributed by atoms with Crippen molar-refractivity contribution in [2.45, 2.75) is 46.1 Å². The SMILES string of the molecule is CC(C)[C@H]1CC[C@H](C)C[C@H]1O[P@](=O)(Nc1cccc([N+](=O)[O-])c1)c1ccccc1. The zero-order chi connectivity index (χ0) is 21.0. The summed E-state index contributed by atoms with van der Waals surface area (Å²) in [5, 5.41) is 14.7. The number of rotatable bonds is 7. The standard InChI is InChI=1S/C22H29N2O4P/c1-16(2)21-13-12-17(3)14-22(21)28-29(27,20-10-5-4-6-11-20)23-18-8-7-9-19(15-18)24(25)26/h4-11,15-17,21-22H,12-14H2,1-3H3,(H,23,27)/t17-,21+,22+,29-/m0/s1. The van der Waals surface area contributed by atoms with E-state index in [0.29, 0.717) is 28.7 Å². The van der Waals surface area contributed by atoms with Crippen LogP contribution in [0.15, 0.2) is 54.6 Å². The van der Waals surface area contributed by atoms with Crippen LogP contribution in [0.25, 0.3) is 0 Å². The van der Waals surface area contributed by atoms with Crippen LogP contribution in [0.1, 0.15) is 40.0 Å². The summed E-state index contributed by atoms with van der Waals surface area (Å²) in [6.07, 6.45) is 2.93. The molecule has 29 heavy (non-hydrogen) atoms. The average Bonchev–Trinajstić information content (AvgIpc) is 2.68. The Hall–Kier alpha value is -2.17. The minimum Gasteiger partial charge on any atom is -0.312 e. The third-order valence-electron chi connectivity index (χ3n) is 5.67. The second-order valence-electron chi connectivity index (χ2n) is 8.28. The molecule has 2 aromatic carbocycles. The average molecular weight is 416 g/mol. The zero-order valence-corrected chi connectivity index (χ0v) is 18.0. The first-order chi connectivity index (χ1) is 13.8. The van der Waals surface area contributed by atoms with E-state index in [1.165, 1.54) is 12.1 Å². The van der Waals surface area contributed by atoms with Crippen LogP contribution in [0.5, 0.6) is 0 Å². The number of nitrogens with zero attached hydrogens (tertiary/aromatic N) is 1. The molecule has 0 radical (unpaired) electrons. The van der Waals surface area contributed by atoms with Gasteiger partial charge in [0.25, 0.3) is 5.69 Å². The van der Waals surface area contributed by atoms with Gasteiger partial charge in [-0.1, -0.05) is 51.5 Å². The van der Waals surface area contributed by atoms with Gasteiger partial charge in [-0.15, -0.1) is 0 Å². The third kappa shape index (κ3) is 5.26. The molecule has 1 aliphatic carbocycles. The Morgan fingerprint density at radius 3 is 2.52 bits per heavy atom. The molecule has 0 heterocycles. The lowest BCUT2D eigenvalue weighted by molar-refractivity contribution is -0.384. The Balaban J connectivity index is 1.95. The van der Waals surface area contributed by atoms with Gasteiger partial charge in [0, 0.05) is 17.8 Å². The summed E-state index contributed by atoms with van der Waals surface area (Å²) >= 11 is 0. The summed E-state index contributed by atoms with van der Waals surface area (Å²) in [4.78, 5) is 10.7. The number of anilines is 1. The molecule has 0 spiro atoms. The molecule has 1 saturated carbocycles. The molecule has 0 aromatic heterocycles. The monoisotopic (exact) mass is 416 g/mol. The highest BCUT2D eigenvalue weighted by molar-refractivity contribution is 7.68. The van der Waals surface area contributed by atoms with Gasteiger partial charge >= 0.3 is 7.52 Å². The van der Waals surface area contributed by atoms with Crippen molar-refractivity contribution in [1.29, 1.82) is 0 Å². The predicted molar refractivity (Wildman–Crippen MR) is 117 cm³/mol. The Morgan fingerprint density at radius 2 is 1.86 bits per heavy atom. The van der Waals surface area contributed by atoms with Crippen molar-refractivity contribution in [3.8, 4) is 0 Å². The van der Waals surface area contributed by atoms with E-state index in [9.17, 15) is 14.7 Å². The van der Waals surface area contributed by atoms with E-state index < -0.39 is 12.4 Å². The Morgan fingerprint density at radius 1 is 1.14 bits per heavy atom. The molecule has 156 valence electrons. The molecule has 2 aromatic rings. The molecule has 0 unspecified atom stereocenters. The number of benzene rings is 2. The molecule has 0 aliphatic heterocycles. The molecule has 1 N–H and O–H groups in total. The topological polar surface area (TPSA) is 81.5 Å². The Kier molecular flexibility index (Phi) is 6.76. The Labute approximate surface area is 172 Å². The third-order valence-corrected chi connectivity index (χ3v) is 7.77. The highest BCUT2D eigenvalue weighted by atomic mass is 31.2. The quantitative estimate of drug-likeness (QED) is 0.340. The van der Waals surface area contributed by atoms with Crippen molar-refractivity contribution in [2.24, 2.45) is 17.8 Å². The van der Waals surface area contributed by atoms with Crippen LogP contribution in [0, 0.1) is 27.9 Å². The number of nitro groups is 1. The van der Waals surface area contributed by atoms with Crippen LogP contribution >= 0.6 is 7.52 Å². The smallest absolute Gasteiger partial charge is 0.312 e. The van der Waals surface area contributed by atoms with Crippen molar-refractivity contribution in [3.05, 3.63) is 64.7 Å². The van der Waals surface area contributed by atoms with Gasteiger partial charge in [0.15, 0.2) is 0 Å². The molecule has 4 atom stereocenters. The van der Waals surface area contributed by atoms with Crippen molar-refractivity contribution in [3.63, 3.8) is 0 Å². The van der Waals surface area contributed by atoms with Crippen LogP contribution in [0.3, 0.4) is 0 Å². The normalized spacial score (nSPS) is 24.1. The molecule has 6 nitrogen and oxygen atoms in total. The number of hydrogen-bond donors (Lipinski definition) is 1. The van der Waals surface area contributed by atoms with Gasteiger partial charge in [-0.05, 0) is 48.8 Å². The summed E-state index contributed by atoms with van der Waals surface area (Å²) in [6.45, 7) is 6.56. The maximum atomic E-state index is 14.1. The first-order valence-corrected chi connectivity index (χ1v) is 11.8. The van der Waals surface area contributed by atoms with Crippen molar-refractivity contribution >= 4 is 24.2 Å². The van der Waals surface area contributed by atoms with Gasteiger partial charge in [0.05, 0.1) is 16.3 Å². The second-order valence-corrected chi connectivity index (χ2v) is 10.3. The van der Waals surface area contributed by atoms with Crippen molar-refractivity contribution in [1.82, 2.24) is 0 Å². The lowest BCUT2D eigenvalue weighted by Crippen LogP contribution is -2.35. The van der Waals surface area contributed by atoms with Gasteiger partial charge in [-0.25, -0.2) is 0 Å². The largest absolute Gasteiger partial charge is 0.324 e. The van der Waals surface area contributed by atoms with Crippen LogP contribution in [0.2, 0.25) is 0 Å². The molecular formula is C22H29N2O4P. The highest BCUT2D eigenvalue weighted by Crippen LogP contribution is 2.51. The van der Waals surface area contributed by atoms with Gasteiger partial charge in [-0.2, -0.15) is 0 Å². The van der Waals surface area contributed by atoms with Crippen LogP contribution in [-0.2, 0) is 9.09 Å². The second kappa shape index (κ2) is 9.10. The number of hydrogen-bond acceptors (Lipinski definition) is 4. The first-order valence-electron chi connectivity index (χ1n) is 10.2. The van der Waals surface area contributed by atoms with Gasteiger partial charge in [-0.3, -0.25) is 14.7 Å². The number of nitro benzene ring substituents is 1. The molecule has 0 amide bonds. The fraction of sp³-hybridized carbons (Fsp3) is 0.455. The van der Waals surface area contributed by atoms with E-state index in [1.54, 1.807) is 24.3 Å². The molecule has 3 rings (SSSR count). The number of non-ortho nitro benzene ring substituents is 1.